The third-order valence-electron chi connectivity index (χ3n) is 1.91. The molecule has 12 heavy (non-hydrogen) atoms. The zero-order valence-corrected chi connectivity index (χ0v) is 7.76. The van der Waals surface area contributed by atoms with Gasteiger partial charge in [0.05, 0.1) is 10.2 Å². The first kappa shape index (κ1) is 7.79. The predicted molar refractivity (Wildman–Crippen MR) is 45.2 cm³/mol. The Balaban J connectivity index is 2.39. The van der Waals surface area contributed by atoms with Gasteiger partial charge in [-0.1, -0.05) is 0 Å². The third-order valence-corrected chi connectivity index (χ3v) is 2.71. The van der Waals surface area contributed by atoms with Crippen LogP contribution in [0.25, 0.3) is 0 Å². The summed E-state index contributed by atoms with van der Waals surface area (Å²) in [6.07, 6.45) is 2.23. The van der Waals surface area contributed by atoms with Crippen molar-refractivity contribution >= 4 is 21.9 Å². The lowest BCUT2D eigenvalue weighted by molar-refractivity contribution is 0.0689. The average molecular weight is 231 g/mol. The van der Waals surface area contributed by atoms with Crippen LogP contribution in [0.3, 0.4) is 0 Å². The molecule has 0 amide bonds. The van der Waals surface area contributed by atoms with E-state index in [-0.39, 0.29) is 5.69 Å². The smallest absolute Gasteiger partial charge is 0.355 e. The summed E-state index contributed by atoms with van der Waals surface area (Å²) in [5, 5.41) is 15.1. The molecule has 2 rings (SSSR count). The largest absolute Gasteiger partial charge is 0.476 e. The highest BCUT2D eigenvalue weighted by atomic mass is 79.9. The number of H-pyrrole nitrogens is 1. The molecule has 1 aromatic rings. The second kappa shape index (κ2) is 2.58. The lowest BCUT2D eigenvalue weighted by Gasteiger charge is -1.90. The maximum Gasteiger partial charge on any atom is 0.355 e. The van der Waals surface area contributed by atoms with E-state index in [1.807, 2.05) is 0 Å². The Hall–Kier alpha value is -0.840. The second-order valence-corrected chi connectivity index (χ2v) is 3.67. The number of aromatic amines is 1. The van der Waals surface area contributed by atoms with Gasteiger partial charge in [-0.15, -0.1) is 0 Å². The summed E-state index contributed by atoms with van der Waals surface area (Å²) in [6, 6.07) is 0. The van der Waals surface area contributed by atoms with Crippen LogP contribution < -0.4 is 0 Å². The Bertz CT molecular complexity index is 330. The van der Waals surface area contributed by atoms with Gasteiger partial charge in [-0.3, -0.25) is 5.10 Å². The van der Waals surface area contributed by atoms with Crippen molar-refractivity contribution in [2.24, 2.45) is 0 Å². The maximum atomic E-state index is 10.6. The molecule has 0 bridgehead atoms. The minimum Gasteiger partial charge on any atom is -0.476 e. The molecule has 1 aliphatic carbocycles. The number of nitrogens with zero attached hydrogens (tertiary/aromatic N) is 1. The van der Waals surface area contributed by atoms with Crippen molar-refractivity contribution in [1.82, 2.24) is 10.2 Å². The van der Waals surface area contributed by atoms with Gasteiger partial charge in [-0.2, -0.15) is 5.10 Å². The molecule has 1 aromatic heterocycles. The van der Waals surface area contributed by atoms with Gasteiger partial charge >= 0.3 is 5.97 Å². The van der Waals surface area contributed by atoms with E-state index in [0.29, 0.717) is 10.4 Å². The molecule has 4 nitrogen and oxygen atoms in total. The molecule has 1 fully saturated rings. The molecule has 0 aliphatic heterocycles. The molecular formula is C7H7BrN2O2. The standard InChI is InChI=1S/C7H7BrN2O2/c8-4-5(3-1-2-3)9-10-6(4)7(11)12/h3H,1-2H2,(H,9,10)(H,11,12). The molecule has 0 unspecified atom stereocenters. The van der Waals surface area contributed by atoms with Crippen molar-refractivity contribution in [1.29, 1.82) is 0 Å². The van der Waals surface area contributed by atoms with Gasteiger partial charge < -0.3 is 5.11 Å². The van der Waals surface area contributed by atoms with E-state index in [2.05, 4.69) is 26.1 Å². The molecule has 1 saturated carbocycles. The van der Waals surface area contributed by atoms with E-state index in [9.17, 15) is 4.79 Å². The van der Waals surface area contributed by atoms with Gasteiger partial charge in [0.15, 0.2) is 5.69 Å². The van der Waals surface area contributed by atoms with Gasteiger partial charge in [0.2, 0.25) is 0 Å². The number of hydrogen-bond donors (Lipinski definition) is 2. The molecule has 0 radical (unpaired) electrons. The Morgan fingerprint density at radius 2 is 2.33 bits per heavy atom. The molecule has 1 heterocycles. The van der Waals surface area contributed by atoms with E-state index in [1.54, 1.807) is 0 Å². The molecule has 0 saturated heterocycles. The first-order valence-electron chi connectivity index (χ1n) is 3.67. The van der Waals surface area contributed by atoms with Crippen LogP contribution in [0.5, 0.6) is 0 Å². The minimum absolute atomic E-state index is 0.150. The first-order valence-corrected chi connectivity index (χ1v) is 4.46. The summed E-state index contributed by atoms with van der Waals surface area (Å²) >= 11 is 3.22. The van der Waals surface area contributed by atoms with Crippen molar-refractivity contribution in [2.45, 2.75) is 18.8 Å². The van der Waals surface area contributed by atoms with Gasteiger partial charge in [0.25, 0.3) is 0 Å². The fourth-order valence-electron chi connectivity index (χ4n) is 1.11. The molecule has 5 heteroatoms. The number of nitrogens with one attached hydrogen (secondary N) is 1. The highest BCUT2D eigenvalue weighted by Crippen LogP contribution is 2.42. The van der Waals surface area contributed by atoms with Crippen molar-refractivity contribution in [3.05, 3.63) is 15.9 Å². The van der Waals surface area contributed by atoms with E-state index in [0.717, 1.165) is 18.5 Å². The van der Waals surface area contributed by atoms with Crippen molar-refractivity contribution in [3.8, 4) is 0 Å². The van der Waals surface area contributed by atoms with Crippen LogP contribution >= 0.6 is 15.9 Å². The summed E-state index contributed by atoms with van der Waals surface area (Å²) in [5.41, 5.74) is 1.00. The van der Waals surface area contributed by atoms with E-state index in [4.69, 9.17) is 5.11 Å². The number of aromatic nitrogens is 2. The van der Waals surface area contributed by atoms with Gasteiger partial charge in [-0.25, -0.2) is 4.79 Å². The highest BCUT2D eigenvalue weighted by Gasteiger charge is 2.30. The lowest BCUT2D eigenvalue weighted by Crippen LogP contribution is -1.97. The third kappa shape index (κ3) is 1.14. The quantitative estimate of drug-likeness (QED) is 0.814. The predicted octanol–water partition coefficient (Wildman–Crippen LogP) is 1.75. The number of aromatic carboxylic acids is 1. The number of carboxylic acids is 1. The zero-order valence-electron chi connectivity index (χ0n) is 6.17. The number of halogens is 1. The van der Waals surface area contributed by atoms with E-state index < -0.39 is 5.97 Å². The Morgan fingerprint density at radius 3 is 2.75 bits per heavy atom. The van der Waals surface area contributed by atoms with Crippen LogP contribution in [0.2, 0.25) is 0 Å². The summed E-state index contributed by atoms with van der Waals surface area (Å²) in [6.45, 7) is 0. The normalized spacial score (nSPS) is 16.4. The number of hydrogen-bond acceptors (Lipinski definition) is 2. The molecule has 0 atom stereocenters. The van der Waals surface area contributed by atoms with E-state index >= 15 is 0 Å². The van der Waals surface area contributed by atoms with E-state index in [1.165, 1.54) is 0 Å². The topological polar surface area (TPSA) is 66.0 Å². The number of carbonyl (C=O) groups is 1. The minimum atomic E-state index is -0.971. The molecule has 2 N–H and O–H groups in total. The molecule has 64 valence electrons. The van der Waals surface area contributed by atoms with Gasteiger partial charge in [0, 0.05) is 5.92 Å². The van der Waals surface area contributed by atoms with Crippen LogP contribution in [0.4, 0.5) is 0 Å². The molecule has 1 aliphatic rings. The Labute approximate surface area is 77.1 Å². The summed E-state index contributed by atoms with van der Waals surface area (Å²) in [5.74, 6) is -0.509. The van der Waals surface area contributed by atoms with Crippen LogP contribution in [-0.4, -0.2) is 21.3 Å². The molecule has 0 spiro atoms. The van der Waals surface area contributed by atoms with Gasteiger partial charge in [-0.05, 0) is 28.8 Å². The van der Waals surface area contributed by atoms with Crippen molar-refractivity contribution in [2.75, 3.05) is 0 Å². The Kier molecular flexibility index (Phi) is 1.68. The second-order valence-electron chi connectivity index (χ2n) is 2.88. The average Bonchev–Trinajstić information content (AvgIpc) is 2.75. The van der Waals surface area contributed by atoms with Crippen LogP contribution in [-0.2, 0) is 0 Å². The van der Waals surface area contributed by atoms with Crippen molar-refractivity contribution < 1.29 is 9.90 Å². The maximum absolute atomic E-state index is 10.6. The monoisotopic (exact) mass is 230 g/mol. The lowest BCUT2D eigenvalue weighted by atomic mass is 10.3. The molecular weight excluding hydrogens is 224 g/mol. The van der Waals surface area contributed by atoms with Crippen LogP contribution in [0.15, 0.2) is 4.47 Å². The van der Waals surface area contributed by atoms with Crippen LogP contribution in [0, 0.1) is 0 Å². The first-order chi connectivity index (χ1) is 5.70. The van der Waals surface area contributed by atoms with Gasteiger partial charge in [0.1, 0.15) is 0 Å². The van der Waals surface area contributed by atoms with Crippen molar-refractivity contribution in [3.63, 3.8) is 0 Å². The number of rotatable bonds is 2. The fraction of sp³-hybridized carbons (Fsp3) is 0.429. The Morgan fingerprint density at radius 1 is 1.67 bits per heavy atom. The summed E-state index contributed by atoms with van der Waals surface area (Å²) in [4.78, 5) is 10.6. The number of carboxylic acid groups (broad SMARTS) is 1. The summed E-state index contributed by atoms with van der Waals surface area (Å²) in [7, 11) is 0. The molecule has 0 aromatic carbocycles. The summed E-state index contributed by atoms with van der Waals surface area (Å²) < 4.78 is 0.609. The fourth-order valence-corrected chi connectivity index (χ4v) is 1.78. The van der Waals surface area contributed by atoms with Crippen LogP contribution in [0.1, 0.15) is 34.9 Å². The zero-order chi connectivity index (χ0) is 8.72. The highest BCUT2D eigenvalue weighted by molar-refractivity contribution is 9.10. The SMILES string of the molecule is O=C(O)c1[nH]nc(C2CC2)c1Br.